The highest BCUT2D eigenvalue weighted by atomic mass is 35.5. The third-order valence-electron chi connectivity index (χ3n) is 3.16. The van der Waals surface area contributed by atoms with Crippen LogP contribution >= 0.6 is 11.6 Å². The van der Waals surface area contributed by atoms with Crippen molar-refractivity contribution >= 4 is 17.6 Å². The van der Waals surface area contributed by atoms with Crippen molar-refractivity contribution in [2.24, 2.45) is 0 Å². The van der Waals surface area contributed by atoms with Gasteiger partial charge in [0.2, 0.25) is 0 Å². The van der Waals surface area contributed by atoms with E-state index in [1.807, 2.05) is 18.2 Å². The molecule has 0 heterocycles. The summed E-state index contributed by atoms with van der Waals surface area (Å²) in [5.41, 5.74) is 1.43. The average molecular weight is 306 g/mol. The SMILES string of the molecule is COc1cccc(Cl)c1CNC(C(=O)O)c1ccccc1. The molecule has 1 unspecified atom stereocenters. The van der Waals surface area contributed by atoms with Crippen LogP contribution in [-0.4, -0.2) is 18.2 Å². The lowest BCUT2D eigenvalue weighted by Crippen LogP contribution is -2.28. The standard InChI is InChI=1S/C16H16ClNO3/c1-21-14-9-5-8-13(17)12(14)10-18-15(16(19)20)11-6-3-2-4-7-11/h2-9,15,18H,10H2,1H3,(H,19,20). The lowest BCUT2D eigenvalue weighted by Gasteiger charge is -2.17. The molecule has 0 fully saturated rings. The number of halogens is 1. The van der Waals surface area contributed by atoms with E-state index in [2.05, 4.69) is 5.32 Å². The van der Waals surface area contributed by atoms with E-state index in [-0.39, 0.29) is 0 Å². The van der Waals surface area contributed by atoms with Crippen molar-refractivity contribution in [1.82, 2.24) is 5.32 Å². The Hall–Kier alpha value is -2.04. The lowest BCUT2D eigenvalue weighted by molar-refractivity contribution is -0.139. The molecule has 0 aliphatic carbocycles. The van der Waals surface area contributed by atoms with Crippen LogP contribution in [-0.2, 0) is 11.3 Å². The van der Waals surface area contributed by atoms with Gasteiger partial charge in [-0.2, -0.15) is 0 Å². The summed E-state index contributed by atoms with van der Waals surface area (Å²) in [5.74, 6) is -0.306. The van der Waals surface area contributed by atoms with Gasteiger partial charge in [0.05, 0.1) is 7.11 Å². The fourth-order valence-corrected chi connectivity index (χ4v) is 2.33. The third kappa shape index (κ3) is 3.74. The molecular weight excluding hydrogens is 290 g/mol. The van der Waals surface area contributed by atoms with E-state index in [1.54, 1.807) is 37.4 Å². The van der Waals surface area contributed by atoms with E-state index in [1.165, 1.54) is 0 Å². The second kappa shape index (κ2) is 7.11. The minimum atomic E-state index is -0.938. The Morgan fingerprint density at radius 1 is 1.24 bits per heavy atom. The smallest absolute Gasteiger partial charge is 0.325 e. The van der Waals surface area contributed by atoms with Crippen molar-refractivity contribution in [2.75, 3.05) is 7.11 Å². The molecule has 110 valence electrons. The van der Waals surface area contributed by atoms with Crippen LogP contribution in [0.2, 0.25) is 5.02 Å². The molecule has 0 aliphatic heterocycles. The molecule has 5 heteroatoms. The predicted octanol–water partition coefficient (Wildman–Crippen LogP) is 3.26. The molecule has 0 spiro atoms. The second-order valence-electron chi connectivity index (χ2n) is 4.48. The Morgan fingerprint density at radius 3 is 2.57 bits per heavy atom. The Morgan fingerprint density at radius 2 is 1.95 bits per heavy atom. The number of methoxy groups -OCH3 is 1. The minimum Gasteiger partial charge on any atom is -0.496 e. The van der Waals surface area contributed by atoms with E-state index in [4.69, 9.17) is 16.3 Å². The normalized spacial score (nSPS) is 11.9. The van der Waals surface area contributed by atoms with E-state index in [0.717, 1.165) is 5.56 Å². The average Bonchev–Trinajstić information content (AvgIpc) is 2.49. The maximum absolute atomic E-state index is 11.4. The maximum Gasteiger partial charge on any atom is 0.325 e. The lowest BCUT2D eigenvalue weighted by atomic mass is 10.1. The topological polar surface area (TPSA) is 58.6 Å². The van der Waals surface area contributed by atoms with Gasteiger partial charge in [0, 0.05) is 17.1 Å². The molecular formula is C16H16ClNO3. The zero-order valence-electron chi connectivity index (χ0n) is 11.5. The van der Waals surface area contributed by atoms with Crippen LogP contribution in [0, 0.1) is 0 Å². The Labute approximate surface area is 128 Å². The zero-order chi connectivity index (χ0) is 15.2. The first-order chi connectivity index (χ1) is 10.1. The molecule has 0 saturated carbocycles. The fraction of sp³-hybridized carbons (Fsp3) is 0.188. The number of carboxylic acid groups (broad SMARTS) is 1. The van der Waals surface area contributed by atoms with Crippen LogP contribution in [0.15, 0.2) is 48.5 Å². The van der Waals surface area contributed by atoms with Gasteiger partial charge < -0.3 is 9.84 Å². The van der Waals surface area contributed by atoms with Crippen LogP contribution in [0.25, 0.3) is 0 Å². The van der Waals surface area contributed by atoms with Crippen molar-refractivity contribution in [3.8, 4) is 5.75 Å². The van der Waals surface area contributed by atoms with Gasteiger partial charge in [0.1, 0.15) is 11.8 Å². The third-order valence-corrected chi connectivity index (χ3v) is 3.51. The number of benzene rings is 2. The van der Waals surface area contributed by atoms with E-state index < -0.39 is 12.0 Å². The van der Waals surface area contributed by atoms with Gasteiger partial charge in [-0.1, -0.05) is 48.0 Å². The van der Waals surface area contributed by atoms with Crippen LogP contribution in [0.1, 0.15) is 17.2 Å². The maximum atomic E-state index is 11.4. The van der Waals surface area contributed by atoms with E-state index in [9.17, 15) is 9.90 Å². The molecule has 21 heavy (non-hydrogen) atoms. The van der Waals surface area contributed by atoms with Crippen LogP contribution < -0.4 is 10.1 Å². The summed E-state index contributed by atoms with van der Waals surface area (Å²) >= 11 is 6.15. The van der Waals surface area contributed by atoms with Crippen LogP contribution in [0.4, 0.5) is 0 Å². The molecule has 2 rings (SSSR count). The van der Waals surface area contributed by atoms with Gasteiger partial charge in [-0.05, 0) is 17.7 Å². The quantitative estimate of drug-likeness (QED) is 0.860. The Kier molecular flexibility index (Phi) is 5.20. The van der Waals surface area contributed by atoms with Crippen molar-refractivity contribution in [3.05, 3.63) is 64.7 Å². The van der Waals surface area contributed by atoms with Gasteiger partial charge in [-0.3, -0.25) is 10.1 Å². The number of rotatable bonds is 6. The van der Waals surface area contributed by atoms with Crippen molar-refractivity contribution in [2.45, 2.75) is 12.6 Å². The Balaban J connectivity index is 2.19. The van der Waals surface area contributed by atoms with Gasteiger partial charge >= 0.3 is 5.97 Å². The first-order valence-electron chi connectivity index (χ1n) is 6.46. The van der Waals surface area contributed by atoms with Gasteiger partial charge in [0.25, 0.3) is 0 Å². The van der Waals surface area contributed by atoms with Crippen LogP contribution in [0.3, 0.4) is 0 Å². The molecule has 0 aliphatic rings. The van der Waals surface area contributed by atoms with Gasteiger partial charge in [-0.15, -0.1) is 0 Å². The number of hydrogen-bond acceptors (Lipinski definition) is 3. The minimum absolute atomic E-state index is 0.300. The molecule has 2 N–H and O–H groups in total. The largest absolute Gasteiger partial charge is 0.496 e. The molecule has 1 atom stereocenters. The van der Waals surface area contributed by atoms with Crippen molar-refractivity contribution < 1.29 is 14.6 Å². The number of ether oxygens (including phenoxy) is 1. The van der Waals surface area contributed by atoms with E-state index in [0.29, 0.717) is 22.9 Å². The van der Waals surface area contributed by atoms with Crippen molar-refractivity contribution in [3.63, 3.8) is 0 Å². The fourth-order valence-electron chi connectivity index (χ4n) is 2.10. The molecule has 2 aromatic carbocycles. The summed E-state index contributed by atoms with van der Waals surface area (Å²) < 4.78 is 5.25. The first-order valence-corrected chi connectivity index (χ1v) is 6.83. The highest BCUT2D eigenvalue weighted by Gasteiger charge is 2.20. The summed E-state index contributed by atoms with van der Waals surface area (Å²) in [6, 6.07) is 13.5. The second-order valence-corrected chi connectivity index (χ2v) is 4.89. The van der Waals surface area contributed by atoms with Crippen LogP contribution in [0.5, 0.6) is 5.75 Å². The molecule has 0 radical (unpaired) electrons. The highest BCUT2D eigenvalue weighted by molar-refractivity contribution is 6.31. The number of aliphatic carboxylic acids is 1. The molecule has 0 amide bonds. The molecule has 2 aromatic rings. The predicted molar refractivity (Wildman–Crippen MR) is 81.7 cm³/mol. The monoisotopic (exact) mass is 305 g/mol. The summed E-state index contributed by atoms with van der Waals surface area (Å²) in [7, 11) is 1.56. The number of hydrogen-bond donors (Lipinski definition) is 2. The first kappa shape index (κ1) is 15.4. The number of nitrogens with one attached hydrogen (secondary N) is 1. The zero-order valence-corrected chi connectivity index (χ0v) is 12.3. The van der Waals surface area contributed by atoms with E-state index >= 15 is 0 Å². The molecule has 0 bridgehead atoms. The number of carboxylic acids is 1. The summed E-state index contributed by atoms with van der Waals surface area (Å²) in [6.07, 6.45) is 0. The summed E-state index contributed by atoms with van der Waals surface area (Å²) in [5, 5.41) is 12.9. The van der Waals surface area contributed by atoms with Crippen molar-refractivity contribution in [1.29, 1.82) is 0 Å². The summed E-state index contributed by atoms with van der Waals surface area (Å²) in [6.45, 7) is 0.300. The molecule has 0 aromatic heterocycles. The van der Waals surface area contributed by atoms with Gasteiger partial charge in [-0.25, -0.2) is 0 Å². The Bertz CT molecular complexity index is 616. The molecule has 4 nitrogen and oxygen atoms in total. The number of carbonyl (C=O) groups is 1. The highest BCUT2D eigenvalue weighted by Crippen LogP contribution is 2.27. The summed E-state index contributed by atoms with van der Waals surface area (Å²) in [4.78, 5) is 11.4. The molecule has 0 saturated heterocycles. The van der Waals surface area contributed by atoms with Gasteiger partial charge in [0.15, 0.2) is 0 Å².